The van der Waals surface area contributed by atoms with Gasteiger partial charge in [-0.25, -0.2) is 4.98 Å². The molecule has 2 N–H and O–H groups in total. The molecule has 0 aliphatic heterocycles. The Kier molecular flexibility index (Phi) is 2.91. The van der Waals surface area contributed by atoms with Crippen LogP contribution < -0.4 is 10.9 Å². The number of hydrogen-bond donors (Lipinski definition) is 2. The van der Waals surface area contributed by atoms with Crippen LogP contribution in [0.25, 0.3) is 10.2 Å². The maximum absolute atomic E-state index is 11.7. The van der Waals surface area contributed by atoms with Crippen molar-refractivity contribution >= 4 is 21.6 Å². The van der Waals surface area contributed by atoms with E-state index in [9.17, 15) is 4.79 Å². The average Bonchev–Trinajstić information content (AvgIpc) is 2.99. The molecule has 0 aliphatic rings. The van der Waals surface area contributed by atoms with E-state index in [1.807, 2.05) is 11.4 Å². The van der Waals surface area contributed by atoms with Gasteiger partial charge in [0.2, 0.25) is 0 Å². The lowest BCUT2D eigenvalue weighted by atomic mass is 10.4. The summed E-state index contributed by atoms with van der Waals surface area (Å²) >= 11 is 1.40. The molecule has 0 saturated heterocycles. The molecule has 3 aromatic heterocycles. The van der Waals surface area contributed by atoms with Gasteiger partial charge in [0.1, 0.15) is 16.8 Å². The summed E-state index contributed by atoms with van der Waals surface area (Å²) in [7, 11) is 0. The zero-order chi connectivity index (χ0) is 12.4. The van der Waals surface area contributed by atoms with Crippen molar-refractivity contribution in [2.75, 3.05) is 0 Å². The van der Waals surface area contributed by atoms with E-state index in [0.717, 1.165) is 11.2 Å². The number of rotatable bonds is 4. The first-order chi connectivity index (χ1) is 8.83. The summed E-state index contributed by atoms with van der Waals surface area (Å²) in [6.07, 6.45) is 1.52. The predicted octanol–water partition coefficient (Wildman–Crippen LogP) is 1.26. The Morgan fingerprint density at radius 3 is 3.17 bits per heavy atom. The minimum atomic E-state index is -0.0896. The fourth-order valence-electron chi connectivity index (χ4n) is 1.64. The first kappa shape index (κ1) is 11.1. The third kappa shape index (κ3) is 2.18. The fraction of sp³-hybridized carbons (Fsp3) is 0.182. The monoisotopic (exact) mass is 262 g/mol. The van der Waals surface area contributed by atoms with E-state index in [-0.39, 0.29) is 5.56 Å². The Bertz CT molecular complexity index is 701. The number of H-pyrrole nitrogens is 1. The van der Waals surface area contributed by atoms with Crippen LogP contribution in [0.5, 0.6) is 0 Å². The topological polar surface area (TPSA) is 83.8 Å². The standard InChI is InChI=1S/C11H10N4O2S/c16-11-10-8(2-4-18-10)13-9(14-11)6-12-5-7-1-3-17-15-7/h1-4,12H,5-6H2,(H,13,14,16). The number of nitrogens with zero attached hydrogens (tertiary/aromatic N) is 2. The molecule has 0 spiro atoms. The van der Waals surface area contributed by atoms with E-state index in [2.05, 4.69) is 20.4 Å². The van der Waals surface area contributed by atoms with Crippen molar-refractivity contribution < 1.29 is 4.52 Å². The van der Waals surface area contributed by atoms with E-state index >= 15 is 0 Å². The van der Waals surface area contributed by atoms with Crippen LogP contribution >= 0.6 is 11.3 Å². The number of nitrogens with one attached hydrogen (secondary N) is 2. The largest absolute Gasteiger partial charge is 0.364 e. The zero-order valence-electron chi connectivity index (χ0n) is 9.34. The van der Waals surface area contributed by atoms with Gasteiger partial charge in [0, 0.05) is 12.6 Å². The van der Waals surface area contributed by atoms with E-state index in [4.69, 9.17) is 4.52 Å². The van der Waals surface area contributed by atoms with Gasteiger partial charge in [0.25, 0.3) is 5.56 Å². The quantitative estimate of drug-likeness (QED) is 0.739. The fourth-order valence-corrected chi connectivity index (χ4v) is 2.37. The van der Waals surface area contributed by atoms with Crippen LogP contribution in [0.4, 0.5) is 0 Å². The lowest BCUT2D eigenvalue weighted by Crippen LogP contribution is -2.18. The zero-order valence-corrected chi connectivity index (χ0v) is 10.2. The summed E-state index contributed by atoms with van der Waals surface area (Å²) in [6, 6.07) is 3.63. The highest BCUT2D eigenvalue weighted by molar-refractivity contribution is 7.17. The Morgan fingerprint density at radius 1 is 1.39 bits per heavy atom. The van der Waals surface area contributed by atoms with Gasteiger partial charge < -0.3 is 14.8 Å². The van der Waals surface area contributed by atoms with Crippen LogP contribution in [0.15, 0.2) is 33.1 Å². The molecule has 3 rings (SSSR count). The van der Waals surface area contributed by atoms with Crippen molar-refractivity contribution in [3.8, 4) is 0 Å². The molecule has 18 heavy (non-hydrogen) atoms. The summed E-state index contributed by atoms with van der Waals surface area (Å²) in [4.78, 5) is 18.8. The highest BCUT2D eigenvalue weighted by Crippen LogP contribution is 2.13. The molecule has 3 heterocycles. The minimum Gasteiger partial charge on any atom is -0.364 e. The molecule has 0 radical (unpaired) electrons. The molecule has 0 fully saturated rings. The molecule has 0 saturated carbocycles. The van der Waals surface area contributed by atoms with Crippen molar-refractivity contribution in [3.63, 3.8) is 0 Å². The number of aromatic amines is 1. The third-order valence-electron chi connectivity index (χ3n) is 2.45. The summed E-state index contributed by atoms with van der Waals surface area (Å²) in [6.45, 7) is 1.05. The molecule has 0 atom stereocenters. The van der Waals surface area contributed by atoms with Crippen LogP contribution in [0.1, 0.15) is 11.5 Å². The second-order valence-electron chi connectivity index (χ2n) is 3.74. The van der Waals surface area contributed by atoms with Crippen molar-refractivity contribution in [3.05, 3.63) is 45.6 Å². The first-order valence-electron chi connectivity index (χ1n) is 5.39. The van der Waals surface area contributed by atoms with E-state index in [1.165, 1.54) is 17.6 Å². The molecule has 0 bridgehead atoms. The first-order valence-corrected chi connectivity index (χ1v) is 6.27. The number of fused-ring (bicyclic) bond motifs is 1. The third-order valence-corrected chi connectivity index (χ3v) is 3.36. The maximum atomic E-state index is 11.7. The molecule has 0 aromatic carbocycles. The summed E-state index contributed by atoms with van der Waals surface area (Å²) in [5, 5.41) is 8.78. The number of thiophene rings is 1. The molecule has 7 heteroatoms. The second kappa shape index (κ2) is 4.71. The maximum Gasteiger partial charge on any atom is 0.268 e. The SMILES string of the molecule is O=c1[nH]c(CNCc2ccon2)nc2ccsc12. The van der Waals surface area contributed by atoms with Crippen molar-refractivity contribution in [1.29, 1.82) is 0 Å². The van der Waals surface area contributed by atoms with E-state index in [1.54, 1.807) is 6.07 Å². The average molecular weight is 262 g/mol. The smallest absolute Gasteiger partial charge is 0.268 e. The van der Waals surface area contributed by atoms with Crippen LogP contribution in [-0.4, -0.2) is 15.1 Å². The van der Waals surface area contributed by atoms with Crippen LogP contribution in [-0.2, 0) is 13.1 Å². The van der Waals surface area contributed by atoms with Crippen LogP contribution in [0.2, 0.25) is 0 Å². The molecule has 0 unspecified atom stereocenters. The number of aromatic nitrogens is 3. The molecule has 0 amide bonds. The van der Waals surface area contributed by atoms with Gasteiger partial charge in [0.15, 0.2) is 0 Å². The van der Waals surface area contributed by atoms with Crippen molar-refractivity contribution in [1.82, 2.24) is 20.4 Å². The Balaban J connectivity index is 1.72. The van der Waals surface area contributed by atoms with E-state index in [0.29, 0.717) is 23.6 Å². The molecule has 3 aromatic rings. The van der Waals surface area contributed by atoms with Gasteiger partial charge in [-0.2, -0.15) is 0 Å². The Hall–Kier alpha value is -1.99. The highest BCUT2D eigenvalue weighted by atomic mass is 32.1. The van der Waals surface area contributed by atoms with Gasteiger partial charge in [0.05, 0.1) is 17.8 Å². The van der Waals surface area contributed by atoms with E-state index < -0.39 is 0 Å². The Morgan fingerprint density at radius 2 is 2.33 bits per heavy atom. The van der Waals surface area contributed by atoms with Crippen molar-refractivity contribution in [2.45, 2.75) is 13.1 Å². The second-order valence-corrected chi connectivity index (χ2v) is 4.66. The van der Waals surface area contributed by atoms with Gasteiger partial charge in [-0.1, -0.05) is 5.16 Å². The lowest BCUT2D eigenvalue weighted by Gasteiger charge is -2.01. The number of hydrogen-bond acceptors (Lipinski definition) is 6. The molecule has 92 valence electrons. The van der Waals surface area contributed by atoms with Gasteiger partial charge in [-0.3, -0.25) is 4.79 Å². The minimum absolute atomic E-state index is 0.0896. The highest BCUT2D eigenvalue weighted by Gasteiger charge is 2.04. The van der Waals surface area contributed by atoms with Gasteiger partial charge in [-0.15, -0.1) is 11.3 Å². The van der Waals surface area contributed by atoms with Crippen LogP contribution in [0.3, 0.4) is 0 Å². The lowest BCUT2D eigenvalue weighted by molar-refractivity contribution is 0.408. The summed E-state index contributed by atoms with van der Waals surface area (Å²) < 4.78 is 5.38. The van der Waals surface area contributed by atoms with Gasteiger partial charge >= 0.3 is 0 Å². The molecule has 0 aliphatic carbocycles. The van der Waals surface area contributed by atoms with Crippen molar-refractivity contribution in [2.24, 2.45) is 0 Å². The Labute approximate surface area is 106 Å². The normalized spacial score (nSPS) is 11.1. The summed E-state index contributed by atoms with van der Waals surface area (Å²) in [5.74, 6) is 0.620. The molecular formula is C11H10N4O2S. The summed E-state index contributed by atoms with van der Waals surface area (Å²) in [5.41, 5.74) is 1.46. The molecular weight excluding hydrogens is 252 g/mol. The van der Waals surface area contributed by atoms with Crippen LogP contribution in [0, 0.1) is 0 Å². The molecule has 6 nitrogen and oxygen atoms in total. The van der Waals surface area contributed by atoms with Gasteiger partial charge in [-0.05, 0) is 11.4 Å². The predicted molar refractivity (Wildman–Crippen MR) is 67.3 cm³/mol.